The van der Waals surface area contributed by atoms with Crippen molar-refractivity contribution in [2.24, 2.45) is 0 Å². The SMILES string of the molecule is O=C(CCc1ccccc1Br)N1CCNCC1c1cccnc1. The maximum Gasteiger partial charge on any atom is 0.223 e. The molecule has 0 radical (unpaired) electrons. The molecule has 2 aromatic rings. The Kier molecular flexibility index (Phi) is 5.41. The van der Waals surface area contributed by atoms with E-state index in [9.17, 15) is 4.79 Å². The Balaban J connectivity index is 1.68. The van der Waals surface area contributed by atoms with Crippen LogP contribution >= 0.6 is 15.9 Å². The van der Waals surface area contributed by atoms with Gasteiger partial charge in [0.1, 0.15) is 0 Å². The quantitative estimate of drug-likeness (QED) is 0.895. The van der Waals surface area contributed by atoms with E-state index in [-0.39, 0.29) is 11.9 Å². The molecule has 1 unspecified atom stereocenters. The first-order valence-corrected chi connectivity index (χ1v) is 8.68. The van der Waals surface area contributed by atoms with Crippen LogP contribution in [0.25, 0.3) is 0 Å². The third-order valence-electron chi connectivity index (χ3n) is 4.20. The molecule has 0 saturated carbocycles. The molecular formula is C18H20BrN3O. The molecule has 0 bridgehead atoms. The molecule has 120 valence electrons. The summed E-state index contributed by atoms with van der Waals surface area (Å²) in [5.74, 6) is 0.205. The summed E-state index contributed by atoms with van der Waals surface area (Å²) in [6, 6.07) is 12.1. The van der Waals surface area contributed by atoms with Gasteiger partial charge in [0.05, 0.1) is 6.04 Å². The summed E-state index contributed by atoms with van der Waals surface area (Å²) in [4.78, 5) is 18.9. The van der Waals surface area contributed by atoms with Crippen LogP contribution in [0, 0.1) is 0 Å². The molecule has 23 heavy (non-hydrogen) atoms. The highest BCUT2D eigenvalue weighted by Gasteiger charge is 2.27. The van der Waals surface area contributed by atoms with E-state index in [0.717, 1.165) is 36.1 Å². The molecule has 0 spiro atoms. The van der Waals surface area contributed by atoms with E-state index in [0.29, 0.717) is 6.42 Å². The Labute approximate surface area is 145 Å². The molecule has 0 aliphatic carbocycles. The number of benzene rings is 1. The molecule has 1 fully saturated rings. The predicted octanol–water partition coefficient (Wildman–Crippen LogP) is 2.95. The van der Waals surface area contributed by atoms with Gasteiger partial charge in [-0.25, -0.2) is 0 Å². The normalized spacial score (nSPS) is 18.0. The van der Waals surface area contributed by atoms with E-state index in [1.165, 1.54) is 5.56 Å². The average molecular weight is 374 g/mol. The van der Waals surface area contributed by atoms with Crippen molar-refractivity contribution in [1.82, 2.24) is 15.2 Å². The fraction of sp³-hybridized carbons (Fsp3) is 0.333. The number of aromatic nitrogens is 1. The topological polar surface area (TPSA) is 45.2 Å². The number of carbonyl (C=O) groups excluding carboxylic acids is 1. The second kappa shape index (κ2) is 7.70. The van der Waals surface area contributed by atoms with Crippen LogP contribution in [-0.2, 0) is 11.2 Å². The van der Waals surface area contributed by atoms with Gasteiger partial charge in [-0.05, 0) is 29.7 Å². The third kappa shape index (κ3) is 3.98. The van der Waals surface area contributed by atoms with Crippen LogP contribution in [0.2, 0.25) is 0 Å². The number of rotatable bonds is 4. The van der Waals surface area contributed by atoms with E-state index < -0.39 is 0 Å². The van der Waals surface area contributed by atoms with Crippen LogP contribution in [0.3, 0.4) is 0 Å². The third-order valence-corrected chi connectivity index (χ3v) is 4.97. The highest BCUT2D eigenvalue weighted by atomic mass is 79.9. The summed E-state index contributed by atoms with van der Waals surface area (Å²) >= 11 is 3.55. The number of nitrogens with one attached hydrogen (secondary N) is 1. The number of halogens is 1. The Bertz CT molecular complexity index is 662. The highest BCUT2D eigenvalue weighted by molar-refractivity contribution is 9.10. The standard InChI is InChI=1S/C18H20BrN3O/c19-16-6-2-1-4-14(16)7-8-18(23)22-11-10-21-13-17(22)15-5-3-9-20-12-15/h1-6,9,12,17,21H,7-8,10-11,13H2. The molecule has 1 aromatic heterocycles. The van der Waals surface area contributed by atoms with Gasteiger partial charge in [-0.15, -0.1) is 0 Å². The Morgan fingerprint density at radius 2 is 2.17 bits per heavy atom. The first-order valence-electron chi connectivity index (χ1n) is 7.89. The number of nitrogens with zero attached hydrogens (tertiary/aromatic N) is 2. The number of carbonyl (C=O) groups is 1. The van der Waals surface area contributed by atoms with Gasteiger partial charge < -0.3 is 10.2 Å². The number of hydrogen-bond donors (Lipinski definition) is 1. The van der Waals surface area contributed by atoms with Gasteiger partial charge in [-0.2, -0.15) is 0 Å². The van der Waals surface area contributed by atoms with Gasteiger partial charge in [0.2, 0.25) is 5.91 Å². The summed E-state index contributed by atoms with van der Waals surface area (Å²) in [7, 11) is 0. The van der Waals surface area contributed by atoms with Crippen molar-refractivity contribution in [3.8, 4) is 0 Å². The zero-order valence-corrected chi connectivity index (χ0v) is 14.5. The van der Waals surface area contributed by atoms with Gasteiger partial charge in [-0.1, -0.05) is 40.2 Å². The van der Waals surface area contributed by atoms with Crippen LogP contribution in [0.5, 0.6) is 0 Å². The van der Waals surface area contributed by atoms with Crippen LogP contribution in [0.1, 0.15) is 23.6 Å². The molecule has 1 amide bonds. The van der Waals surface area contributed by atoms with E-state index in [4.69, 9.17) is 0 Å². The summed E-state index contributed by atoms with van der Waals surface area (Å²) in [6.07, 6.45) is 4.90. The Hall–Kier alpha value is -1.72. The van der Waals surface area contributed by atoms with Crippen LogP contribution in [-0.4, -0.2) is 35.4 Å². The Morgan fingerprint density at radius 1 is 1.30 bits per heavy atom. The highest BCUT2D eigenvalue weighted by Crippen LogP contribution is 2.23. The molecule has 4 nitrogen and oxygen atoms in total. The van der Waals surface area contributed by atoms with Crippen LogP contribution < -0.4 is 5.32 Å². The molecule has 1 aliphatic rings. The van der Waals surface area contributed by atoms with Gasteiger partial charge in [0.25, 0.3) is 0 Å². The first-order chi connectivity index (χ1) is 11.3. The van der Waals surface area contributed by atoms with Gasteiger partial charge >= 0.3 is 0 Å². The summed E-state index contributed by atoms with van der Waals surface area (Å²) in [5.41, 5.74) is 2.27. The van der Waals surface area contributed by atoms with Crippen molar-refractivity contribution in [3.63, 3.8) is 0 Å². The second-order valence-electron chi connectivity index (χ2n) is 5.68. The second-order valence-corrected chi connectivity index (χ2v) is 6.54. The minimum atomic E-state index is 0.0733. The van der Waals surface area contributed by atoms with Gasteiger partial charge in [0.15, 0.2) is 0 Å². The predicted molar refractivity (Wildman–Crippen MR) is 94.0 cm³/mol. The average Bonchev–Trinajstić information content (AvgIpc) is 2.61. The van der Waals surface area contributed by atoms with Crippen molar-refractivity contribution in [3.05, 3.63) is 64.4 Å². The summed E-state index contributed by atoms with van der Waals surface area (Å²) in [6.45, 7) is 2.37. The lowest BCUT2D eigenvalue weighted by molar-refractivity contribution is -0.134. The molecule has 2 heterocycles. The molecule has 1 aliphatic heterocycles. The number of piperazine rings is 1. The lowest BCUT2D eigenvalue weighted by Gasteiger charge is -2.36. The van der Waals surface area contributed by atoms with Crippen LogP contribution in [0.15, 0.2) is 53.3 Å². The molecule has 1 aromatic carbocycles. The van der Waals surface area contributed by atoms with E-state index in [2.05, 4.69) is 32.3 Å². The van der Waals surface area contributed by atoms with Crippen molar-refractivity contribution in [2.75, 3.05) is 19.6 Å². The molecule has 1 N–H and O–H groups in total. The monoisotopic (exact) mass is 373 g/mol. The number of amides is 1. The molecular weight excluding hydrogens is 354 g/mol. The Morgan fingerprint density at radius 3 is 2.96 bits per heavy atom. The smallest absolute Gasteiger partial charge is 0.223 e. The summed E-state index contributed by atoms with van der Waals surface area (Å²) in [5, 5.41) is 3.37. The maximum atomic E-state index is 12.7. The largest absolute Gasteiger partial charge is 0.333 e. The molecule has 5 heteroatoms. The number of pyridine rings is 1. The van der Waals surface area contributed by atoms with Gasteiger partial charge in [-0.3, -0.25) is 9.78 Å². The minimum Gasteiger partial charge on any atom is -0.333 e. The fourth-order valence-electron chi connectivity index (χ4n) is 2.96. The molecule has 1 atom stereocenters. The van der Waals surface area contributed by atoms with Crippen LogP contribution in [0.4, 0.5) is 0 Å². The lowest BCUT2D eigenvalue weighted by atomic mass is 10.0. The number of aryl methyl sites for hydroxylation is 1. The lowest BCUT2D eigenvalue weighted by Crippen LogP contribution is -2.48. The zero-order chi connectivity index (χ0) is 16.1. The van der Waals surface area contributed by atoms with Crippen molar-refractivity contribution < 1.29 is 4.79 Å². The molecule has 3 rings (SSSR count). The van der Waals surface area contributed by atoms with E-state index >= 15 is 0 Å². The van der Waals surface area contributed by atoms with Crippen molar-refractivity contribution >= 4 is 21.8 Å². The summed E-state index contributed by atoms with van der Waals surface area (Å²) < 4.78 is 1.07. The first kappa shape index (κ1) is 16.1. The van der Waals surface area contributed by atoms with Gasteiger partial charge in [0, 0.05) is 42.9 Å². The fourth-order valence-corrected chi connectivity index (χ4v) is 3.44. The zero-order valence-electron chi connectivity index (χ0n) is 12.9. The van der Waals surface area contributed by atoms with E-state index in [1.54, 1.807) is 6.20 Å². The van der Waals surface area contributed by atoms with Crippen molar-refractivity contribution in [1.29, 1.82) is 0 Å². The van der Waals surface area contributed by atoms with Crippen molar-refractivity contribution in [2.45, 2.75) is 18.9 Å². The maximum absolute atomic E-state index is 12.7. The molecule has 1 saturated heterocycles. The number of hydrogen-bond acceptors (Lipinski definition) is 3. The van der Waals surface area contributed by atoms with E-state index in [1.807, 2.05) is 41.4 Å². The minimum absolute atomic E-state index is 0.0733.